The van der Waals surface area contributed by atoms with Crippen LogP contribution in [0.25, 0.3) is 10.4 Å². The summed E-state index contributed by atoms with van der Waals surface area (Å²) in [6.07, 6.45) is -0.810. The number of rotatable bonds is 9. The third kappa shape index (κ3) is 7.83. The normalized spacial score (nSPS) is 12.8. The molecule has 40 heavy (non-hydrogen) atoms. The van der Waals surface area contributed by atoms with E-state index in [0.29, 0.717) is 16.3 Å². The van der Waals surface area contributed by atoms with Crippen molar-refractivity contribution in [3.05, 3.63) is 64.0 Å². The van der Waals surface area contributed by atoms with E-state index in [1.807, 2.05) is 65.8 Å². The van der Waals surface area contributed by atoms with E-state index < -0.39 is 35.7 Å². The fourth-order valence-electron chi connectivity index (χ4n) is 4.41. The summed E-state index contributed by atoms with van der Waals surface area (Å²) in [5.41, 5.74) is 4.02. The molecule has 3 aromatic rings. The Hall–Kier alpha value is -3.89. The van der Waals surface area contributed by atoms with Crippen LogP contribution < -0.4 is 20.7 Å². The number of nitrogens with one attached hydrogen (secondary N) is 3. The quantitative estimate of drug-likeness (QED) is 0.238. The van der Waals surface area contributed by atoms with Crippen LogP contribution in [0.5, 0.6) is 5.75 Å². The molecule has 0 fully saturated rings. The SMILES string of the molecule is COc1ccc(-c2cc(NC(=O)Nc3c(C)cc(C)cc3C)c(C(=O)N[C@H](C(=O)O)[C@@H](C)OC(C)(C)C)s2)cc1. The maximum Gasteiger partial charge on any atom is 0.328 e. The minimum Gasteiger partial charge on any atom is -0.497 e. The van der Waals surface area contributed by atoms with Gasteiger partial charge in [-0.1, -0.05) is 17.7 Å². The number of aryl methyl sites for hydroxylation is 3. The molecule has 3 amide bonds. The summed E-state index contributed by atoms with van der Waals surface area (Å²) in [6, 6.07) is 11.1. The molecule has 2 atom stereocenters. The monoisotopic (exact) mass is 567 g/mol. The molecule has 0 radical (unpaired) electrons. The summed E-state index contributed by atoms with van der Waals surface area (Å²) in [7, 11) is 1.57. The minimum atomic E-state index is -1.31. The Kier molecular flexibility index (Phi) is 9.60. The molecule has 1 aromatic heterocycles. The Morgan fingerprint density at radius 1 is 0.950 bits per heavy atom. The van der Waals surface area contributed by atoms with Gasteiger partial charge in [0.1, 0.15) is 10.6 Å². The van der Waals surface area contributed by atoms with Crippen LogP contribution in [0, 0.1) is 20.8 Å². The van der Waals surface area contributed by atoms with Crippen molar-refractivity contribution in [2.45, 2.75) is 66.2 Å². The predicted octanol–water partition coefficient (Wildman–Crippen LogP) is 6.38. The Morgan fingerprint density at radius 2 is 1.55 bits per heavy atom. The van der Waals surface area contributed by atoms with Gasteiger partial charge < -0.3 is 30.5 Å². The van der Waals surface area contributed by atoms with E-state index in [9.17, 15) is 19.5 Å². The van der Waals surface area contributed by atoms with Crippen molar-refractivity contribution < 1.29 is 29.0 Å². The van der Waals surface area contributed by atoms with Crippen molar-refractivity contribution in [1.29, 1.82) is 0 Å². The molecule has 0 unspecified atom stereocenters. The van der Waals surface area contributed by atoms with Gasteiger partial charge in [-0.15, -0.1) is 11.3 Å². The molecule has 3 rings (SSSR count). The van der Waals surface area contributed by atoms with Crippen LogP contribution in [0.4, 0.5) is 16.2 Å². The number of hydrogen-bond acceptors (Lipinski definition) is 6. The lowest BCUT2D eigenvalue weighted by Crippen LogP contribution is -2.50. The average Bonchev–Trinajstić information content (AvgIpc) is 3.27. The summed E-state index contributed by atoms with van der Waals surface area (Å²) in [6.45, 7) is 12.8. The lowest BCUT2D eigenvalue weighted by Gasteiger charge is -2.29. The van der Waals surface area contributed by atoms with Gasteiger partial charge in [-0.05, 0) is 95.5 Å². The molecule has 0 spiro atoms. The molecule has 0 saturated heterocycles. The minimum absolute atomic E-state index is 0.160. The lowest BCUT2D eigenvalue weighted by molar-refractivity contribution is -0.146. The molecule has 1 heterocycles. The standard InChI is InChI=1S/C30H37N3O6S/c1-16-13-17(2)24(18(3)14-16)33-29(37)31-22-15-23(20-9-11-21(38-8)12-10-20)40-26(22)27(34)32-25(28(35)36)19(4)39-30(5,6)7/h9-15,19,25H,1-8H3,(H,32,34)(H,35,36)(H2,31,33,37)/t19-,25+/m1/s1. The fraction of sp³-hybridized carbons (Fsp3) is 0.367. The first-order valence-electron chi connectivity index (χ1n) is 12.8. The molecule has 9 nitrogen and oxygen atoms in total. The van der Waals surface area contributed by atoms with Crippen molar-refractivity contribution in [3.63, 3.8) is 0 Å². The number of carbonyl (C=O) groups excluding carboxylic acids is 2. The second-order valence-electron chi connectivity index (χ2n) is 10.7. The topological polar surface area (TPSA) is 126 Å². The lowest BCUT2D eigenvalue weighted by atomic mass is 10.1. The van der Waals surface area contributed by atoms with Gasteiger partial charge in [0.15, 0.2) is 6.04 Å². The van der Waals surface area contributed by atoms with Crippen molar-refractivity contribution in [1.82, 2.24) is 5.32 Å². The largest absolute Gasteiger partial charge is 0.497 e. The van der Waals surface area contributed by atoms with E-state index >= 15 is 0 Å². The highest BCUT2D eigenvalue weighted by molar-refractivity contribution is 7.18. The summed E-state index contributed by atoms with van der Waals surface area (Å²) < 4.78 is 11.0. The molecular weight excluding hydrogens is 530 g/mol. The van der Waals surface area contributed by atoms with Gasteiger partial charge in [-0.25, -0.2) is 9.59 Å². The molecular formula is C30H37N3O6S. The number of ether oxygens (including phenoxy) is 2. The van der Waals surface area contributed by atoms with E-state index in [1.54, 1.807) is 32.2 Å². The number of anilines is 2. The zero-order valence-corrected chi connectivity index (χ0v) is 24.9. The van der Waals surface area contributed by atoms with Gasteiger partial charge in [0, 0.05) is 10.6 Å². The molecule has 214 valence electrons. The maximum atomic E-state index is 13.5. The maximum absolute atomic E-state index is 13.5. The van der Waals surface area contributed by atoms with E-state index in [4.69, 9.17) is 9.47 Å². The number of thiophene rings is 1. The van der Waals surface area contributed by atoms with Gasteiger partial charge in [0.05, 0.1) is 24.5 Å². The smallest absolute Gasteiger partial charge is 0.328 e. The zero-order valence-electron chi connectivity index (χ0n) is 24.1. The number of urea groups is 1. The molecule has 0 saturated carbocycles. The first-order valence-corrected chi connectivity index (χ1v) is 13.7. The summed E-state index contributed by atoms with van der Waals surface area (Å²) >= 11 is 1.14. The zero-order chi connectivity index (χ0) is 29.8. The summed E-state index contributed by atoms with van der Waals surface area (Å²) in [5.74, 6) is -1.19. The summed E-state index contributed by atoms with van der Waals surface area (Å²) in [4.78, 5) is 39.5. The van der Waals surface area contributed by atoms with Crippen LogP contribution in [0.15, 0.2) is 42.5 Å². The number of carboxylic acid groups (broad SMARTS) is 1. The Labute approximate surface area is 238 Å². The van der Waals surface area contributed by atoms with Crippen molar-refractivity contribution in [3.8, 4) is 16.2 Å². The second kappa shape index (κ2) is 12.5. The number of methoxy groups -OCH3 is 1. The number of carboxylic acids is 1. The van der Waals surface area contributed by atoms with Crippen LogP contribution >= 0.6 is 11.3 Å². The van der Waals surface area contributed by atoms with Gasteiger partial charge in [0.2, 0.25) is 0 Å². The van der Waals surface area contributed by atoms with Crippen molar-refractivity contribution >= 4 is 40.6 Å². The fourth-order valence-corrected chi connectivity index (χ4v) is 5.43. The first-order chi connectivity index (χ1) is 18.7. The summed E-state index contributed by atoms with van der Waals surface area (Å²) in [5, 5.41) is 18.1. The highest BCUT2D eigenvalue weighted by Crippen LogP contribution is 2.36. The predicted molar refractivity (Wildman–Crippen MR) is 159 cm³/mol. The molecule has 0 aliphatic rings. The van der Waals surface area contributed by atoms with Crippen LogP contribution in [0.2, 0.25) is 0 Å². The Bertz CT molecular complexity index is 1370. The third-order valence-electron chi connectivity index (χ3n) is 6.04. The van der Waals surface area contributed by atoms with Crippen LogP contribution in [0.1, 0.15) is 54.1 Å². The van der Waals surface area contributed by atoms with E-state index in [0.717, 1.165) is 33.6 Å². The van der Waals surface area contributed by atoms with E-state index in [-0.39, 0.29) is 10.6 Å². The van der Waals surface area contributed by atoms with E-state index in [2.05, 4.69) is 16.0 Å². The first kappa shape index (κ1) is 30.6. The number of benzene rings is 2. The number of carbonyl (C=O) groups is 3. The van der Waals surface area contributed by atoms with Crippen LogP contribution in [-0.4, -0.2) is 47.9 Å². The van der Waals surface area contributed by atoms with Gasteiger partial charge in [-0.2, -0.15) is 0 Å². The van der Waals surface area contributed by atoms with Crippen LogP contribution in [-0.2, 0) is 9.53 Å². The van der Waals surface area contributed by atoms with E-state index in [1.165, 1.54) is 0 Å². The average molecular weight is 568 g/mol. The number of hydrogen-bond donors (Lipinski definition) is 4. The van der Waals surface area contributed by atoms with Gasteiger partial charge >= 0.3 is 12.0 Å². The van der Waals surface area contributed by atoms with Crippen molar-refractivity contribution in [2.75, 3.05) is 17.7 Å². The molecule has 0 bridgehead atoms. The molecule has 10 heteroatoms. The molecule has 4 N–H and O–H groups in total. The number of aliphatic carboxylic acids is 1. The second-order valence-corrected chi connectivity index (χ2v) is 11.7. The van der Waals surface area contributed by atoms with Gasteiger partial charge in [0.25, 0.3) is 5.91 Å². The Morgan fingerprint density at radius 3 is 2.08 bits per heavy atom. The highest BCUT2D eigenvalue weighted by Gasteiger charge is 2.32. The number of amides is 3. The van der Waals surface area contributed by atoms with Gasteiger partial charge in [-0.3, -0.25) is 4.79 Å². The molecule has 2 aromatic carbocycles. The third-order valence-corrected chi connectivity index (χ3v) is 7.22. The highest BCUT2D eigenvalue weighted by atomic mass is 32.1. The Balaban J connectivity index is 1.94. The molecule has 0 aliphatic carbocycles. The molecule has 0 aliphatic heterocycles. The van der Waals surface area contributed by atoms with Crippen LogP contribution in [0.3, 0.4) is 0 Å². The van der Waals surface area contributed by atoms with Crippen molar-refractivity contribution in [2.24, 2.45) is 0 Å².